The van der Waals surface area contributed by atoms with Crippen LogP contribution in [0.1, 0.15) is 48.3 Å². The molecule has 0 spiro atoms. The van der Waals surface area contributed by atoms with Crippen molar-refractivity contribution in [3.8, 4) is 0 Å². The molecule has 2 rings (SSSR count). The second-order valence-electron chi connectivity index (χ2n) is 3.83. The number of hydrogen-bond acceptors (Lipinski definition) is 2. The number of aliphatic hydroxyl groups excluding tert-OH is 1. The minimum atomic E-state index is -0.280. The molecule has 1 aliphatic carbocycles. The Bertz CT molecular complexity index is 288. The van der Waals surface area contributed by atoms with Crippen LogP contribution < -0.4 is 0 Å². The molecule has 0 aliphatic heterocycles. The van der Waals surface area contributed by atoms with E-state index < -0.39 is 0 Å². The summed E-state index contributed by atoms with van der Waals surface area (Å²) in [6.07, 6.45) is 6.10. The second kappa shape index (κ2) is 3.81. The Kier molecular flexibility index (Phi) is 2.70. The van der Waals surface area contributed by atoms with Crippen molar-refractivity contribution in [2.75, 3.05) is 0 Å². The van der Waals surface area contributed by atoms with Crippen molar-refractivity contribution < 1.29 is 5.11 Å². The molecule has 1 aromatic rings. The molecule has 0 radical (unpaired) electrons. The summed E-state index contributed by atoms with van der Waals surface area (Å²) in [6, 6.07) is 0. The Morgan fingerprint density at radius 2 is 2.08 bits per heavy atom. The summed E-state index contributed by atoms with van der Waals surface area (Å²) in [5.74, 6) is 0. The molecule has 13 heavy (non-hydrogen) atoms. The zero-order valence-corrected chi connectivity index (χ0v) is 8.86. The van der Waals surface area contributed by atoms with Gasteiger partial charge in [0.25, 0.3) is 0 Å². The van der Waals surface area contributed by atoms with Crippen molar-refractivity contribution in [3.05, 3.63) is 21.4 Å². The maximum absolute atomic E-state index is 9.57. The first kappa shape index (κ1) is 9.22. The maximum atomic E-state index is 9.57. The molecule has 1 nitrogen and oxygen atoms in total. The SMILES string of the molecule is CC(O)c1csc2c1CCCCC2. The molecule has 0 fully saturated rings. The first-order chi connectivity index (χ1) is 6.29. The molecule has 0 aromatic carbocycles. The first-order valence-corrected chi connectivity index (χ1v) is 5.94. The van der Waals surface area contributed by atoms with Crippen LogP contribution in [0.3, 0.4) is 0 Å². The van der Waals surface area contributed by atoms with Gasteiger partial charge in [-0.1, -0.05) is 6.42 Å². The lowest BCUT2D eigenvalue weighted by Gasteiger charge is -2.06. The van der Waals surface area contributed by atoms with Gasteiger partial charge in [-0.25, -0.2) is 0 Å². The summed E-state index contributed by atoms with van der Waals surface area (Å²) in [7, 11) is 0. The van der Waals surface area contributed by atoms with Crippen molar-refractivity contribution in [2.45, 2.75) is 45.1 Å². The fourth-order valence-corrected chi connectivity index (χ4v) is 3.28. The highest BCUT2D eigenvalue weighted by Gasteiger charge is 2.16. The second-order valence-corrected chi connectivity index (χ2v) is 4.79. The smallest absolute Gasteiger partial charge is 0.0772 e. The number of rotatable bonds is 1. The van der Waals surface area contributed by atoms with Crippen molar-refractivity contribution in [1.82, 2.24) is 0 Å². The average molecular weight is 196 g/mol. The summed E-state index contributed by atoms with van der Waals surface area (Å²) in [4.78, 5) is 1.52. The molecule has 1 unspecified atom stereocenters. The molecule has 2 heteroatoms. The molecule has 0 saturated heterocycles. The third-order valence-corrected chi connectivity index (χ3v) is 3.90. The summed E-state index contributed by atoms with van der Waals surface area (Å²) in [5.41, 5.74) is 2.64. The molecule has 1 N–H and O–H groups in total. The van der Waals surface area contributed by atoms with Gasteiger partial charge in [-0.05, 0) is 49.1 Å². The van der Waals surface area contributed by atoms with Gasteiger partial charge < -0.3 is 5.11 Å². The number of hydrogen-bond donors (Lipinski definition) is 1. The topological polar surface area (TPSA) is 20.2 Å². The van der Waals surface area contributed by atoms with Crippen molar-refractivity contribution in [1.29, 1.82) is 0 Å². The zero-order chi connectivity index (χ0) is 9.26. The van der Waals surface area contributed by atoms with Crippen LogP contribution in [0.5, 0.6) is 0 Å². The quantitative estimate of drug-likeness (QED) is 0.684. The van der Waals surface area contributed by atoms with Crippen LogP contribution in [0.2, 0.25) is 0 Å². The lowest BCUT2D eigenvalue weighted by atomic mass is 10.0. The van der Waals surface area contributed by atoms with E-state index in [0.29, 0.717) is 0 Å². The summed E-state index contributed by atoms with van der Waals surface area (Å²) < 4.78 is 0. The number of aliphatic hydroxyl groups is 1. The van der Waals surface area contributed by atoms with E-state index in [0.717, 1.165) is 0 Å². The van der Waals surface area contributed by atoms with Gasteiger partial charge in [0.15, 0.2) is 0 Å². The fourth-order valence-electron chi connectivity index (χ4n) is 2.05. The molecule has 1 aliphatic rings. The number of fused-ring (bicyclic) bond motifs is 1. The number of aryl methyl sites for hydroxylation is 1. The van der Waals surface area contributed by atoms with Crippen molar-refractivity contribution >= 4 is 11.3 Å². The van der Waals surface area contributed by atoms with Crippen LogP contribution in [0.25, 0.3) is 0 Å². The van der Waals surface area contributed by atoms with Gasteiger partial charge in [0, 0.05) is 4.88 Å². The van der Waals surface area contributed by atoms with E-state index in [1.54, 1.807) is 0 Å². The third kappa shape index (κ3) is 1.79. The predicted octanol–water partition coefficient (Wildman–Crippen LogP) is 3.07. The highest BCUT2D eigenvalue weighted by atomic mass is 32.1. The molecular formula is C11H16OS. The Morgan fingerprint density at radius 1 is 1.31 bits per heavy atom. The molecule has 0 saturated carbocycles. The normalized spacial score (nSPS) is 19.2. The van der Waals surface area contributed by atoms with E-state index in [-0.39, 0.29) is 6.10 Å². The largest absolute Gasteiger partial charge is 0.389 e. The highest BCUT2D eigenvalue weighted by molar-refractivity contribution is 7.10. The van der Waals surface area contributed by atoms with E-state index in [1.807, 2.05) is 18.3 Å². The van der Waals surface area contributed by atoms with Crippen LogP contribution in [-0.4, -0.2) is 5.11 Å². The summed E-state index contributed by atoms with van der Waals surface area (Å²) >= 11 is 1.83. The lowest BCUT2D eigenvalue weighted by molar-refractivity contribution is 0.198. The highest BCUT2D eigenvalue weighted by Crippen LogP contribution is 2.32. The maximum Gasteiger partial charge on any atom is 0.0772 e. The van der Waals surface area contributed by atoms with Crippen molar-refractivity contribution in [3.63, 3.8) is 0 Å². The Hall–Kier alpha value is -0.340. The monoisotopic (exact) mass is 196 g/mol. The van der Waals surface area contributed by atoms with E-state index >= 15 is 0 Å². The summed E-state index contributed by atoms with van der Waals surface area (Å²) in [6.45, 7) is 1.87. The van der Waals surface area contributed by atoms with Gasteiger partial charge in [-0.15, -0.1) is 11.3 Å². The molecule has 0 bridgehead atoms. The molecule has 1 heterocycles. The van der Waals surface area contributed by atoms with Crippen LogP contribution in [0, 0.1) is 0 Å². The van der Waals surface area contributed by atoms with Gasteiger partial charge in [0.05, 0.1) is 6.10 Å². The Labute approximate surface area is 83.4 Å². The average Bonchev–Trinajstić information content (AvgIpc) is 2.36. The first-order valence-electron chi connectivity index (χ1n) is 5.06. The molecule has 1 aromatic heterocycles. The predicted molar refractivity (Wildman–Crippen MR) is 56.2 cm³/mol. The standard InChI is InChI=1S/C11H16OS/c1-8(12)10-7-13-11-6-4-2-3-5-9(10)11/h7-8,12H,2-6H2,1H3. The molecule has 1 atom stereocenters. The minimum absolute atomic E-state index is 0.280. The van der Waals surface area contributed by atoms with Crippen LogP contribution in [0.4, 0.5) is 0 Å². The van der Waals surface area contributed by atoms with Crippen molar-refractivity contribution in [2.24, 2.45) is 0 Å². The zero-order valence-electron chi connectivity index (χ0n) is 8.05. The van der Waals surface area contributed by atoms with E-state index in [4.69, 9.17) is 0 Å². The van der Waals surface area contributed by atoms with Gasteiger partial charge in [0.2, 0.25) is 0 Å². The number of thiophene rings is 1. The van der Waals surface area contributed by atoms with Crippen LogP contribution in [0.15, 0.2) is 5.38 Å². The third-order valence-electron chi connectivity index (χ3n) is 2.79. The van der Waals surface area contributed by atoms with Crippen LogP contribution >= 0.6 is 11.3 Å². The fraction of sp³-hybridized carbons (Fsp3) is 0.636. The van der Waals surface area contributed by atoms with Gasteiger partial charge >= 0.3 is 0 Å². The Balaban J connectivity index is 2.34. The van der Waals surface area contributed by atoms with Gasteiger partial charge in [0.1, 0.15) is 0 Å². The molecular weight excluding hydrogens is 180 g/mol. The molecule has 0 amide bonds. The van der Waals surface area contributed by atoms with Gasteiger partial charge in [-0.3, -0.25) is 0 Å². The van der Waals surface area contributed by atoms with Crippen LogP contribution in [-0.2, 0) is 12.8 Å². The lowest BCUT2D eigenvalue weighted by Crippen LogP contribution is -1.95. The van der Waals surface area contributed by atoms with Gasteiger partial charge in [-0.2, -0.15) is 0 Å². The van der Waals surface area contributed by atoms with E-state index in [1.165, 1.54) is 48.1 Å². The molecule has 72 valence electrons. The van der Waals surface area contributed by atoms with E-state index in [2.05, 4.69) is 5.38 Å². The Morgan fingerprint density at radius 3 is 2.85 bits per heavy atom. The summed E-state index contributed by atoms with van der Waals surface area (Å²) in [5, 5.41) is 11.7. The van der Waals surface area contributed by atoms with E-state index in [9.17, 15) is 5.11 Å². The minimum Gasteiger partial charge on any atom is -0.389 e.